The van der Waals surface area contributed by atoms with Crippen molar-refractivity contribution in [2.45, 2.75) is 20.3 Å². The van der Waals surface area contributed by atoms with E-state index >= 15 is 0 Å². The number of carboxylic acids is 1. The minimum absolute atomic E-state index is 0.0839. The highest BCUT2D eigenvalue weighted by Crippen LogP contribution is 2.32. The van der Waals surface area contributed by atoms with Crippen LogP contribution in [0.15, 0.2) is 0 Å². The third-order valence-corrected chi connectivity index (χ3v) is 4.54. The van der Waals surface area contributed by atoms with Crippen molar-refractivity contribution in [2.75, 3.05) is 25.0 Å². The largest absolute Gasteiger partial charge is 0.478 e. The highest BCUT2D eigenvalue weighted by molar-refractivity contribution is 7.16. The van der Waals surface area contributed by atoms with Gasteiger partial charge in [0, 0.05) is 30.9 Å². The van der Waals surface area contributed by atoms with Gasteiger partial charge in [-0.05, 0) is 19.4 Å². The van der Waals surface area contributed by atoms with E-state index in [9.17, 15) is 19.5 Å². The molecule has 1 fully saturated rings. The summed E-state index contributed by atoms with van der Waals surface area (Å²) < 4.78 is 0. The Balaban J connectivity index is 2.14. The van der Waals surface area contributed by atoms with Crippen molar-refractivity contribution in [3.63, 3.8) is 0 Å². The SMILES string of the molecule is Cc1sc(NC(=O)N2CCNC(=O)CC2)c(C(=O)O)c1C. The zero-order chi connectivity index (χ0) is 15.6. The van der Waals surface area contributed by atoms with E-state index in [1.54, 1.807) is 6.92 Å². The molecule has 3 amide bonds. The van der Waals surface area contributed by atoms with Crippen LogP contribution in [-0.2, 0) is 4.79 Å². The fourth-order valence-electron chi connectivity index (χ4n) is 2.12. The molecule has 0 aliphatic carbocycles. The zero-order valence-corrected chi connectivity index (χ0v) is 12.7. The number of carbonyl (C=O) groups excluding carboxylic acids is 2. The van der Waals surface area contributed by atoms with Gasteiger partial charge in [0.1, 0.15) is 5.00 Å². The Morgan fingerprint density at radius 1 is 1.33 bits per heavy atom. The van der Waals surface area contributed by atoms with Crippen LogP contribution in [0, 0.1) is 13.8 Å². The Labute approximate surface area is 125 Å². The fraction of sp³-hybridized carbons (Fsp3) is 0.462. The molecule has 114 valence electrons. The van der Waals surface area contributed by atoms with Crippen molar-refractivity contribution in [3.05, 3.63) is 16.0 Å². The molecule has 8 heteroatoms. The molecule has 1 saturated heterocycles. The summed E-state index contributed by atoms with van der Waals surface area (Å²) in [7, 11) is 0. The average molecular weight is 311 g/mol. The fourth-order valence-corrected chi connectivity index (χ4v) is 3.16. The number of aryl methyl sites for hydroxylation is 1. The molecule has 0 bridgehead atoms. The summed E-state index contributed by atoms with van der Waals surface area (Å²) in [6.07, 6.45) is 0.252. The minimum atomic E-state index is -1.06. The average Bonchev–Trinajstić information content (AvgIpc) is 2.58. The normalized spacial score (nSPS) is 15.3. The van der Waals surface area contributed by atoms with Crippen molar-refractivity contribution >= 4 is 34.2 Å². The van der Waals surface area contributed by atoms with Gasteiger partial charge in [-0.3, -0.25) is 10.1 Å². The summed E-state index contributed by atoms with van der Waals surface area (Å²) in [5.41, 5.74) is 0.797. The molecule has 1 aromatic rings. The second kappa shape index (κ2) is 6.13. The highest BCUT2D eigenvalue weighted by atomic mass is 32.1. The van der Waals surface area contributed by atoms with Crippen molar-refractivity contribution < 1.29 is 19.5 Å². The molecular weight excluding hydrogens is 294 g/mol. The number of carboxylic acid groups (broad SMARTS) is 1. The second-order valence-electron chi connectivity index (χ2n) is 4.81. The molecular formula is C13H17N3O4S. The predicted octanol–water partition coefficient (Wildman–Crippen LogP) is 1.42. The van der Waals surface area contributed by atoms with Crippen molar-refractivity contribution in [2.24, 2.45) is 0 Å². The van der Waals surface area contributed by atoms with Crippen molar-refractivity contribution in [1.29, 1.82) is 0 Å². The molecule has 21 heavy (non-hydrogen) atoms. The lowest BCUT2D eigenvalue weighted by Gasteiger charge is -2.19. The van der Waals surface area contributed by atoms with Crippen LogP contribution in [0.1, 0.15) is 27.2 Å². The maximum absolute atomic E-state index is 12.2. The maximum atomic E-state index is 12.2. The molecule has 1 aromatic heterocycles. The van der Waals surface area contributed by atoms with Gasteiger partial charge in [-0.2, -0.15) is 0 Å². The topological polar surface area (TPSA) is 98.7 Å². The third-order valence-electron chi connectivity index (χ3n) is 3.42. The van der Waals surface area contributed by atoms with Crippen LogP contribution in [0.4, 0.5) is 9.80 Å². The van der Waals surface area contributed by atoms with Gasteiger partial charge in [-0.15, -0.1) is 11.3 Å². The van der Waals surface area contributed by atoms with Crippen LogP contribution < -0.4 is 10.6 Å². The summed E-state index contributed by atoms with van der Waals surface area (Å²) in [5, 5.41) is 14.9. The van der Waals surface area contributed by atoms with E-state index < -0.39 is 5.97 Å². The Morgan fingerprint density at radius 3 is 2.71 bits per heavy atom. The van der Waals surface area contributed by atoms with Gasteiger partial charge in [-0.25, -0.2) is 9.59 Å². The molecule has 1 aliphatic heterocycles. The third kappa shape index (κ3) is 3.33. The zero-order valence-electron chi connectivity index (χ0n) is 11.9. The Hall–Kier alpha value is -2.09. The first kappa shape index (κ1) is 15.3. The summed E-state index contributed by atoms with van der Waals surface area (Å²) in [4.78, 5) is 37.1. The van der Waals surface area contributed by atoms with Gasteiger partial charge < -0.3 is 15.3 Å². The highest BCUT2D eigenvalue weighted by Gasteiger charge is 2.23. The molecule has 2 rings (SSSR count). The lowest BCUT2D eigenvalue weighted by atomic mass is 10.1. The molecule has 7 nitrogen and oxygen atoms in total. The number of carbonyl (C=O) groups is 3. The van der Waals surface area contributed by atoms with E-state index in [0.717, 1.165) is 4.88 Å². The first-order chi connectivity index (χ1) is 9.90. The van der Waals surface area contributed by atoms with E-state index in [4.69, 9.17) is 0 Å². The summed E-state index contributed by atoms with van der Waals surface area (Å²) in [6.45, 7) is 4.67. The number of amides is 3. The van der Waals surface area contributed by atoms with E-state index in [2.05, 4.69) is 10.6 Å². The van der Waals surface area contributed by atoms with Gasteiger partial charge in [-0.1, -0.05) is 0 Å². The Morgan fingerprint density at radius 2 is 2.05 bits per heavy atom. The van der Waals surface area contributed by atoms with E-state index in [1.165, 1.54) is 16.2 Å². The van der Waals surface area contributed by atoms with Gasteiger partial charge >= 0.3 is 12.0 Å². The standard InChI is InChI=1S/C13H17N3O4S/c1-7-8(2)21-11(10(7)12(18)19)15-13(20)16-5-3-9(17)14-4-6-16/h3-6H2,1-2H3,(H,14,17)(H,15,20)(H,18,19). The molecule has 1 aliphatic rings. The quantitative estimate of drug-likeness (QED) is 0.769. The number of anilines is 1. The van der Waals surface area contributed by atoms with E-state index in [1.807, 2.05) is 6.92 Å². The van der Waals surface area contributed by atoms with Gasteiger partial charge in [0.15, 0.2) is 0 Å². The lowest BCUT2D eigenvalue weighted by molar-refractivity contribution is -0.120. The van der Waals surface area contributed by atoms with Gasteiger partial charge in [0.25, 0.3) is 0 Å². The Bertz CT molecular complexity index is 596. The molecule has 2 heterocycles. The van der Waals surface area contributed by atoms with Crippen LogP contribution in [0.3, 0.4) is 0 Å². The van der Waals surface area contributed by atoms with Crippen LogP contribution in [0.25, 0.3) is 0 Å². The monoisotopic (exact) mass is 311 g/mol. The molecule has 0 saturated carbocycles. The van der Waals surface area contributed by atoms with Crippen LogP contribution in [-0.4, -0.2) is 47.5 Å². The number of aromatic carboxylic acids is 1. The second-order valence-corrected chi connectivity index (χ2v) is 6.03. The summed E-state index contributed by atoms with van der Waals surface area (Å²) in [6, 6.07) is -0.379. The first-order valence-electron chi connectivity index (χ1n) is 6.56. The number of hydrogen-bond acceptors (Lipinski definition) is 4. The molecule has 0 spiro atoms. The number of thiophene rings is 1. The van der Waals surface area contributed by atoms with E-state index in [0.29, 0.717) is 30.2 Å². The number of nitrogens with one attached hydrogen (secondary N) is 2. The van der Waals surface area contributed by atoms with E-state index in [-0.39, 0.29) is 23.9 Å². The van der Waals surface area contributed by atoms with Crippen molar-refractivity contribution in [3.8, 4) is 0 Å². The number of hydrogen-bond donors (Lipinski definition) is 3. The van der Waals surface area contributed by atoms with Gasteiger partial charge in [0.05, 0.1) is 5.56 Å². The van der Waals surface area contributed by atoms with Crippen LogP contribution in [0.2, 0.25) is 0 Å². The summed E-state index contributed by atoms with van der Waals surface area (Å²) >= 11 is 1.25. The van der Waals surface area contributed by atoms with Crippen molar-refractivity contribution in [1.82, 2.24) is 10.2 Å². The molecule has 0 aromatic carbocycles. The lowest BCUT2D eigenvalue weighted by Crippen LogP contribution is -2.37. The molecule has 0 radical (unpaired) electrons. The van der Waals surface area contributed by atoms with Crippen LogP contribution in [0.5, 0.6) is 0 Å². The maximum Gasteiger partial charge on any atom is 0.338 e. The van der Waals surface area contributed by atoms with Gasteiger partial charge in [0.2, 0.25) is 5.91 Å². The number of nitrogens with zero attached hydrogens (tertiary/aromatic N) is 1. The first-order valence-corrected chi connectivity index (χ1v) is 7.37. The molecule has 3 N–H and O–H groups in total. The number of urea groups is 1. The predicted molar refractivity (Wildman–Crippen MR) is 79.0 cm³/mol. The smallest absolute Gasteiger partial charge is 0.338 e. The molecule has 0 atom stereocenters. The minimum Gasteiger partial charge on any atom is -0.478 e. The summed E-state index contributed by atoms with van der Waals surface area (Å²) in [5.74, 6) is -1.14. The van der Waals surface area contributed by atoms with Crippen LogP contribution >= 0.6 is 11.3 Å². The Kier molecular flexibility index (Phi) is 4.46. The molecule has 0 unspecified atom stereocenters. The number of rotatable bonds is 2.